The Morgan fingerprint density at radius 3 is 1.93 bits per heavy atom. The topological polar surface area (TPSA) is 104 Å². The largest absolute Gasteiger partial charge is 0.393 e. The first-order chi connectivity index (χ1) is 6.68. The Hall–Kier alpha value is -1.52. The Morgan fingerprint density at radius 2 is 1.43 bits per heavy atom. The van der Waals surface area contributed by atoms with E-state index in [0.29, 0.717) is 23.2 Å². The van der Waals surface area contributed by atoms with Crippen LogP contribution in [0.2, 0.25) is 0 Å². The zero-order chi connectivity index (χ0) is 10.1. The predicted octanol–water partition coefficient (Wildman–Crippen LogP) is 0.881. The Labute approximate surface area is 82.7 Å². The highest BCUT2D eigenvalue weighted by atomic mass is 15.0. The van der Waals surface area contributed by atoms with Crippen molar-refractivity contribution in [2.24, 2.45) is 0 Å². The van der Waals surface area contributed by atoms with Crippen LogP contribution in [0.15, 0.2) is 0 Å². The van der Waals surface area contributed by atoms with Crippen LogP contribution >= 0.6 is 0 Å². The standard InChI is InChI=1S/C9H15N5/c10-6-7(11)13-9(14-8(6)12)5-3-1-2-4-5/h5H,1-4,10H2,(H4,11,12,13,14). The van der Waals surface area contributed by atoms with Gasteiger partial charge in [-0.25, -0.2) is 9.97 Å². The fourth-order valence-corrected chi connectivity index (χ4v) is 1.89. The van der Waals surface area contributed by atoms with Crippen LogP contribution in [0.3, 0.4) is 0 Å². The number of nitrogen functional groups attached to an aromatic ring is 3. The molecule has 5 nitrogen and oxygen atoms in total. The van der Waals surface area contributed by atoms with Crippen LogP contribution in [0.4, 0.5) is 17.3 Å². The van der Waals surface area contributed by atoms with E-state index in [1.165, 1.54) is 12.8 Å². The predicted molar refractivity (Wildman–Crippen MR) is 56.5 cm³/mol. The second-order valence-electron chi connectivity index (χ2n) is 3.75. The molecule has 1 aromatic heterocycles. The molecule has 1 fully saturated rings. The second-order valence-corrected chi connectivity index (χ2v) is 3.75. The molecule has 6 N–H and O–H groups in total. The number of nitrogens with two attached hydrogens (primary N) is 3. The summed E-state index contributed by atoms with van der Waals surface area (Å²) in [7, 11) is 0. The lowest BCUT2D eigenvalue weighted by Crippen LogP contribution is -2.10. The lowest BCUT2D eigenvalue weighted by Gasteiger charge is -2.10. The van der Waals surface area contributed by atoms with Crippen molar-refractivity contribution in [3.8, 4) is 0 Å². The van der Waals surface area contributed by atoms with Gasteiger partial charge in [-0.2, -0.15) is 0 Å². The fourth-order valence-electron chi connectivity index (χ4n) is 1.89. The molecule has 5 heteroatoms. The van der Waals surface area contributed by atoms with Crippen molar-refractivity contribution in [2.75, 3.05) is 17.2 Å². The molecule has 1 aliphatic carbocycles. The average Bonchev–Trinajstić information content (AvgIpc) is 2.66. The molecule has 1 saturated carbocycles. The maximum absolute atomic E-state index is 5.63. The van der Waals surface area contributed by atoms with Crippen LogP contribution in [-0.2, 0) is 0 Å². The van der Waals surface area contributed by atoms with Gasteiger partial charge in [-0.1, -0.05) is 12.8 Å². The van der Waals surface area contributed by atoms with Gasteiger partial charge >= 0.3 is 0 Å². The Bertz CT molecular complexity index is 320. The number of rotatable bonds is 1. The molecule has 14 heavy (non-hydrogen) atoms. The molecular formula is C9H15N5. The molecule has 0 unspecified atom stereocenters. The summed E-state index contributed by atoms with van der Waals surface area (Å²) in [4.78, 5) is 8.35. The van der Waals surface area contributed by atoms with Gasteiger partial charge in [0.2, 0.25) is 0 Å². The molecule has 0 spiro atoms. The van der Waals surface area contributed by atoms with Gasteiger partial charge in [0, 0.05) is 5.92 Å². The zero-order valence-electron chi connectivity index (χ0n) is 8.03. The van der Waals surface area contributed by atoms with Gasteiger partial charge in [0.15, 0.2) is 11.6 Å². The normalized spacial score (nSPS) is 17.4. The quantitative estimate of drug-likeness (QED) is 0.614. The van der Waals surface area contributed by atoms with Crippen LogP contribution in [-0.4, -0.2) is 9.97 Å². The number of hydrogen-bond acceptors (Lipinski definition) is 5. The van der Waals surface area contributed by atoms with Gasteiger partial charge in [-0.05, 0) is 12.8 Å². The van der Waals surface area contributed by atoms with Gasteiger partial charge < -0.3 is 17.2 Å². The minimum absolute atomic E-state index is 0.298. The molecule has 0 bridgehead atoms. The highest BCUT2D eigenvalue weighted by Gasteiger charge is 2.21. The van der Waals surface area contributed by atoms with Crippen LogP contribution in [0.1, 0.15) is 37.4 Å². The molecule has 2 rings (SSSR count). The molecule has 0 aliphatic heterocycles. The van der Waals surface area contributed by atoms with Gasteiger partial charge in [-0.3, -0.25) is 0 Å². The molecule has 1 aromatic rings. The average molecular weight is 193 g/mol. The Kier molecular flexibility index (Phi) is 2.15. The van der Waals surface area contributed by atoms with E-state index in [2.05, 4.69) is 9.97 Å². The molecule has 0 amide bonds. The van der Waals surface area contributed by atoms with Gasteiger partial charge in [-0.15, -0.1) is 0 Å². The molecule has 0 saturated heterocycles. The van der Waals surface area contributed by atoms with Gasteiger partial charge in [0.1, 0.15) is 11.5 Å². The van der Waals surface area contributed by atoms with E-state index in [4.69, 9.17) is 17.2 Å². The monoisotopic (exact) mass is 193 g/mol. The molecule has 1 heterocycles. The van der Waals surface area contributed by atoms with Gasteiger partial charge in [0.25, 0.3) is 0 Å². The van der Waals surface area contributed by atoms with Crippen LogP contribution in [0.5, 0.6) is 0 Å². The summed E-state index contributed by atoms with van der Waals surface area (Å²) in [6.07, 6.45) is 4.72. The Morgan fingerprint density at radius 1 is 0.929 bits per heavy atom. The molecule has 76 valence electrons. The molecule has 0 atom stereocenters. The first-order valence-electron chi connectivity index (χ1n) is 4.87. The van der Waals surface area contributed by atoms with Crippen LogP contribution in [0.25, 0.3) is 0 Å². The van der Waals surface area contributed by atoms with Crippen molar-refractivity contribution in [1.82, 2.24) is 9.97 Å². The zero-order valence-corrected chi connectivity index (χ0v) is 8.03. The third-order valence-electron chi connectivity index (χ3n) is 2.74. The highest BCUT2D eigenvalue weighted by molar-refractivity contribution is 5.70. The van der Waals surface area contributed by atoms with Crippen molar-refractivity contribution >= 4 is 17.3 Å². The van der Waals surface area contributed by atoms with E-state index >= 15 is 0 Å². The molecular weight excluding hydrogens is 178 g/mol. The molecule has 0 radical (unpaired) electrons. The summed E-state index contributed by atoms with van der Waals surface area (Å²) >= 11 is 0. The van der Waals surface area contributed by atoms with E-state index in [0.717, 1.165) is 18.7 Å². The van der Waals surface area contributed by atoms with Crippen molar-refractivity contribution in [3.05, 3.63) is 5.82 Å². The van der Waals surface area contributed by atoms with Crippen LogP contribution in [0, 0.1) is 0 Å². The maximum atomic E-state index is 5.63. The first-order valence-corrected chi connectivity index (χ1v) is 4.87. The lowest BCUT2D eigenvalue weighted by atomic mass is 10.1. The summed E-state index contributed by atoms with van der Waals surface area (Å²) < 4.78 is 0. The maximum Gasteiger partial charge on any atom is 0.152 e. The number of aromatic nitrogens is 2. The summed E-state index contributed by atoms with van der Waals surface area (Å²) in [6.45, 7) is 0. The smallest absolute Gasteiger partial charge is 0.152 e. The summed E-state index contributed by atoms with van der Waals surface area (Å²) in [5, 5.41) is 0. The fraction of sp³-hybridized carbons (Fsp3) is 0.556. The lowest BCUT2D eigenvalue weighted by molar-refractivity contribution is 0.671. The van der Waals surface area contributed by atoms with Crippen molar-refractivity contribution in [3.63, 3.8) is 0 Å². The molecule has 0 aromatic carbocycles. The van der Waals surface area contributed by atoms with E-state index in [1.807, 2.05) is 0 Å². The van der Waals surface area contributed by atoms with Crippen molar-refractivity contribution in [1.29, 1.82) is 0 Å². The summed E-state index contributed by atoms with van der Waals surface area (Å²) in [5.41, 5.74) is 17.1. The number of nitrogens with zero attached hydrogens (tertiary/aromatic N) is 2. The van der Waals surface area contributed by atoms with E-state index in [-0.39, 0.29) is 0 Å². The van der Waals surface area contributed by atoms with Crippen LogP contribution < -0.4 is 17.2 Å². The van der Waals surface area contributed by atoms with E-state index in [9.17, 15) is 0 Å². The number of anilines is 3. The minimum atomic E-state index is 0.298. The minimum Gasteiger partial charge on any atom is -0.393 e. The van der Waals surface area contributed by atoms with Gasteiger partial charge in [0.05, 0.1) is 0 Å². The number of hydrogen-bond donors (Lipinski definition) is 3. The first kappa shape index (κ1) is 9.05. The SMILES string of the molecule is Nc1nc(C2CCCC2)nc(N)c1N. The van der Waals surface area contributed by atoms with E-state index < -0.39 is 0 Å². The third-order valence-corrected chi connectivity index (χ3v) is 2.74. The van der Waals surface area contributed by atoms with E-state index in [1.54, 1.807) is 0 Å². The van der Waals surface area contributed by atoms with Crippen molar-refractivity contribution < 1.29 is 0 Å². The van der Waals surface area contributed by atoms with Crippen molar-refractivity contribution in [2.45, 2.75) is 31.6 Å². The second kappa shape index (κ2) is 3.32. The summed E-state index contributed by atoms with van der Waals surface area (Å²) in [6, 6.07) is 0. The highest BCUT2D eigenvalue weighted by Crippen LogP contribution is 2.33. The molecule has 1 aliphatic rings. The Balaban J connectivity index is 2.34. The summed E-state index contributed by atoms with van der Waals surface area (Å²) in [5.74, 6) is 1.78. The third kappa shape index (κ3) is 1.45.